The van der Waals surface area contributed by atoms with Crippen molar-refractivity contribution >= 4 is 41.5 Å². The van der Waals surface area contributed by atoms with E-state index in [-0.39, 0.29) is 36.3 Å². The Bertz CT molecular complexity index is 987. The summed E-state index contributed by atoms with van der Waals surface area (Å²) in [5.74, 6) is 1.22. The Labute approximate surface area is 200 Å². The van der Waals surface area contributed by atoms with Crippen molar-refractivity contribution < 1.29 is 13.5 Å². The normalized spacial score (nSPS) is 11.2. The van der Waals surface area contributed by atoms with E-state index in [2.05, 4.69) is 30.6 Å². The lowest BCUT2D eigenvalue weighted by atomic mass is 10.2. The summed E-state index contributed by atoms with van der Waals surface area (Å²) < 4.78 is 31.7. The van der Waals surface area contributed by atoms with Gasteiger partial charge in [-0.3, -0.25) is 4.57 Å². The van der Waals surface area contributed by atoms with Crippen LogP contribution in [-0.2, 0) is 13.1 Å². The highest BCUT2D eigenvalue weighted by molar-refractivity contribution is 14.0. The molecular weight excluding hydrogens is 541 g/mol. The predicted molar refractivity (Wildman–Crippen MR) is 127 cm³/mol. The zero-order valence-corrected chi connectivity index (χ0v) is 19.7. The first-order chi connectivity index (χ1) is 14.6. The Kier molecular flexibility index (Phi) is 9.92. The largest absolute Gasteiger partial charge is 0.434 e. The monoisotopic (exact) mass is 562 g/mol. The summed E-state index contributed by atoms with van der Waals surface area (Å²) in [7, 11) is 0. The van der Waals surface area contributed by atoms with E-state index < -0.39 is 6.61 Å². The van der Waals surface area contributed by atoms with Crippen LogP contribution in [0.25, 0.3) is 5.69 Å². The molecule has 0 bridgehead atoms. The van der Waals surface area contributed by atoms with Crippen LogP contribution in [0.15, 0.2) is 59.9 Å². The summed E-state index contributed by atoms with van der Waals surface area (Å²) in [6.45, 7) is 0.0752. The molecule has 7 nitrogen and oxygen atoms in total. The van der Waals surface area contributed by atoms with Gasteiger partial charge in [-0.2, -0.15) is 8.78 Å². The van der Waals surface area contributed by atoms with Crippen LogP contribution in [0.3, 0.4) is 0 Å². The predicted octanol–water partition coefficient (Wildman–Crippen LogP) is 4.40. The highest BCUT2D eigenvalue weighted by Crippen LogP contribution is 2.25. The Morgan fingerprint density at radius 1 is 1.19 bits per heavy atom. The van der Waals surface area contributed by atoms with Gasteiger partial charge in [-0.1, -0.05) is 29.8 Å². The van der Waals surface area contributed by atoms with Gasteiger partial charge in [0.25, 0.3) is 0 Å². The van der Waals surface area contributed by atoms with Crippen molar-refractivity contribution in [1.29, 1.82) is 0 Å². The van der Waals surface area contributed by atoms with Crippen LogP contribution >= 0.6 is 35.6 Å². The van der Waals surface area contributed by atoms with Crippen LogP contribution in [0.5, 0.6) is 5.75 Å². The summed E-state index contributed by atoms with van der Waals surface area (Å²) in [5.41, 5.74) is 1.39. The molecule has 0 aliphatic heterocycles. The standard InChI is InChI=1S/C20H21ClF2N6O.HI/c1-2-24-20(25-11-14-10-15(21)8-9-17(14)30-19(22)23)26-12-18-28-27-13-29(18)16-6-4-3-5-7-16;/h3-10,13,19H,2,11-12H2,1H3,(H2,24,25,26);1H. The van der Waals surface area contributed by atoms with Gasteiger partial charge in [0.2, 0.25) is 0 Å². The van der Waals surface area contributed by atoms with Gasteiger partial charge in [0.05, 0.1) is 13.1 Å². The average Bonchev–Trinajstić information content (AvgIpc) is 3.21. The Hall–Kier alpha value is -2.47. The Morgan fingerprint density at radius 3 is 2.68 bits per heavy atom. The van der Waals surface area contributed by atoms with Gasteiger partial charge in [-0.25, -0.2) is 4.99 Å². The van der Waals surface area contributed by atoms with Crippen LogP contribution in [-0.4, -0.2) is 33.9 Å². The van der Waals surface area contributed by atoms with Gasteiger partial charge >= 0.3 is 6.61 Å². The first-order valence-corrected chi connectivity index (χ1v) is 9.64. The van der Waals surface area contributed by atoms with Crippen LogP contribution in [0, 0.1) is 0 Å². The van der Waals surface area contributed by atoms with E-state index in [9.17, 15) is 8.78 Å². The molecule has 11 heteroatoms. The lowest BCUT2D eigenvalue weighted by Crippen LogP contribution is -2.37. The van der Waals surface area contributed by atoms with E-state index in [0.29, 0.717) is 35.5 Å². The van der Waals surface area contributed by atoms with Crippen molar-refractivity contribution in [2.45, 2.75) is 26.6 Å². The van der Waals surface area contributed by atoms with Crippen LogP contribution in [0.2, 0.25) is 5.02 Å². The molecule has 2 N–H and O–H groups in total. The molecular formula is C20H22ClF2IN6O. The second kappa shape index (κ2) is 12.4. The summed E-state index contributed by atoms with van der Waals surface area (Å²) in [6.07, 6.45) is 1.64. The molecule has 1 aromatic heterocycles. The molecule has 1 heterocycles. The first kappa shape index (κ1) is 24.8. The van der Waals surface area contributed by atoms with Gasteiger partial charge in [0.15, 0.2) is 11.8 Å². The number of rotatable bonds is 8. The zero-order chi connectivity index (χ0) is 21.3. The maximum absolute atomic E-state index is 12.6. The molecule has 0 aliphatic rings. The molecule has 31 heavy (non-hydrogen) atoms. The van der Waals surface area contributed by atoms with Crippen molar-refractivity contribution in [3.05, 3.63) is 71.3 Å². The van der Waals surface area contributed by atoms with E-state index >= 15 is 0 Å². The molecule has 0 atom stereocenters. The van der Waals surface area contributed by atoms with Gasteiger partial charge in [-0.05, 0) is 37.3 Å². The molecule has 2 aromatic carbocycles. The van der Waals surface area contributed by atoms with Crippen molar-refractivity contribution in [2.24, 2.45) is 4.99 Å². The third-order valence-corrected chi connectivity index (χ3v) is 4.29. The fourth-order valence-electron chi connectivity index (χ4n) is 2.74. The Balaban J connectivity index is 0.00000341. The topological polar surface area (TPSA) is 76.4 Å². The minimum atomic E-state index is -2.93. The second-order valence-corrected chi connectivity index (χ2v) is 6.57. The van der Waals surface area contributed by atoms with E-state index in [4.69, 9.17) is 11.6 Å². The number of benzene rings is 2. The van der Waals surface area contributed by atoms with Crippen molar-refractivity contribution in [2.75, 3.05) is 6.54 Å². The number of alkyl halides is 2. The molecule has 0 radical (unpaired) electrons. The Morgan fingerprint density at radius 2 is 1.97 bits per heavy atom. The van der Waals surface area contributed by atoms with Crippen molar-refractivity contribution in [1.82, 2.24) is 25.4 Å². The van der Waals surface area contributed by atoms with Gasteiger partial charge in [-0.15, -0.1) is 34.2 Å². The molecule has 3 rings (SSSR count). The smallest absolute Gasteiger partial charge is 0.387 e. The van der Waals surface area contributed by atoms with E-state index in [1.807, 2.05) is 41.8 Å². The fourth-order valence-corrected chi connectivity index (χ4v) is 2.93. The van der Waals surface area contributed by atoms with E-state index in [1.165, 1.54) is 12.1 Å². The maximum Gasteiger partial charge on any atom is 0.387 e. The molecule has 0 saturated carbocycles. The average molecular weight is 563 g/mol. The molecule has 0 amide bonds. The third-order valence-electron chi connectivity index (χ3n) is 4.06. The highest BCUT2D eigenvalue weighted by atomic mass is 127. The van der Waals surface area contributed by atoms with Crippen LogP contribution in [0.1, 0.15) is 18.3 Å². The van der Waals surface area contributed by atoms with E-state index in [1.54, 1.807) is 12.4 Å². The summed E-state index contributed by atoms with van der Waals surface area (Å²) >= 11 is 5.99. The number of aliphatic imine (C=N–C) groups is 1. The van der Waals surface area contributed by atoms with Gasteiger partial charge in [0.1, 0.15) is 12.1 Å². The summed E-state index contributed by atoms with van der Waals surface area (Å²) in [6, 6.07) is 14.2. The summed E-state index contributed by atoms with van der Waals surface area (Å²) in [5, 5.41) is 14.8. The number of para-hydroxylation sites is 1. The molecule has 0 spiro atoms. The van der Waals surface area contributed by atoms with Gasteiger partial charge in [0, 0.05) is 22.8 Å². The number of nitrogens with zero attached hydrogens (tertiary/aromatic N) is 4. The lowest BCUT2D eigenvalue weighted by molar-refractivity contribution is -0.0504. The second-order valence-electron chi connectivity index (χ2n) is 6.13. The first-order valence-electron chi connectivity index (χ1n) is 9.26. The van der Waals surface area contributed by atoms with Gasteiger partial charge < -0.3 is 15.4 Å². The molecule has 0 saturated heterocycles. The number of hydrogen-bond donors (Lipinski definition) is 2. The fraction of sp³-hybridized carbons (Fsp3) is 0.250. The molecule has 3 aromatic rings. The lowest BCUT2D eigenvalue weighted by Gasteiger charge is -2.13. The van der Waals surface area contributed by atoms with Crippen molar-refractivity contribution in [3.8, 4) is 11.4 Å². The maximum atomic E-state index is 12.6. The minimum Gasteiger partial charge on any atom is -0.434 e. The molecule has 0 aliphatic carbocycles. The SMILES string of the molecule is CCNC(=NCc1cc(Cl)ccc1OC(F)F)NCc1nncn1-c1ccccc1.I. The van der Waals surface area contributed by atoms with Crippen molar-refractivity contribution in [3.63, 3.8) is 0 Å². The number of aromatic nitrogens is 3. The van der Waals surface area contributed by atoms with Crippen LogP contribution < -0.4 is 15.4 Å². The number of guanidine groups is 1. The highest BCUT2D eigenvalue weighted by Gasteiger charge is 2.11. The molecule has 0 unspecified atom stereocenters. The number of hydrogen-bond acceptors (Lipinski definition) is 4. The third kappa shape index (κ3) is 7.31. The number of halogens is 4. The molecule has 0 fully saturated rings. The zero-order valence-electron chi connectivity index (χ0n) is 16.6. The van der Waals surface area contributed by atoms with E-state index in [0.717, 1.165) is 5.69 Å². The summed E-state index contributed by atoms with van der Waals surface area (Å²) in [4.78, 5) is 4.45. The minimum absolute atomic E-state index is 0. The quantitative estimate of drug-likeness (QED) is 0.242. The van der Waals surface area contributed by atoms with Crippen LogP contribution in [0.4, 0.5) is 8.78 Å². The number of ether oxygens (including phenoxy) is 1. The molecule has 166 valence electrons. The number of nitrogens with one attached hydrogen (secondary N) is 2.